The molecule has 0 aromatic heterocycles. The Kier molecular flexibility index (Phi) is 3.88. The van der Waals surface area contributed by atoms with Gasteiger partial charge < -0.3 is 5.11 Å². The quantitative estimate of drug-likeness (QED) is 0.605. The minimum atomic E-state index is -7.63. The molecular formula is C10H7F13O. The molecule has 0 saturated heterocycles. The highest BCUT2D eigenvalue weighted by Crippen LogP contribution is 2.79. The molecule has 1 aliphatic rings. The molecule has 14 heteroatoms. The molecular weight excluding hydrogens is 383 g/mol. The number of alkyl halides is 13. The monoisotopic (exact) mass is 390 g/mol. The molecule has 1 rings (SSSR count). The topological polar surface area (TPSA) is 20.2 Å². The zero-order valence-corrected chi connectivity index (χ0v) is 11.4. The second-order valence-corrected chi connectivity index (χ2v) is 5.53. The Morgan fingerprint density at radius 3 is 1.04 bits per heavy atom. The fraction of sp³-hybridized carbons (Fsp3) is 1.00. The van der Waals surface area contributed by atoms with Crippen molar-refractivity contribution in [3.63, 3.8) is 0 Å². The maximum atomic E-state index is 14.2. The maximum Gasteiger partial charge on any atom is 0.422 e. The molecule has 0 aromatic rings. The summed E-state index contributed by atoms with van der Waals surface area (Å²) in [5.41, 5.74) is -25.7. The minimum Gasteiger partial charge on any atom is -0.377 e. The summed E-state index contributed by atoms with van der Waals surface area (Å²) in [4.78, 5) is 0. The van der Waals surface area contributed by atoms with Crippen molar-refractivity contribution in [3.8, 4) is 0 Å². The first-order chi connectivity index (χ1) is 10.0. The van der Waals surface area contributed by atoms with Crippen molar-refractivity contribution in [2.45, 2.75) is 55.2 Å². The van der Waals surface area contributed by atoms with E-state index in [0.29, 0.717) is 0 Å². The van der Waals surface area contributed by atoms with E-state index in [0.717, 1.165) is 0 Å². The molecule has 0 spiro atoms. The van der Waals surface area contributed by atoms with E-state index in [1.165, 1.54) is 0 Å². The van der Waals surface area contributed by atoms with Crippen LogP contribution in [0.3, 0.4) is 0 Å². The van der Waals surface area contributed by atoms with Crippen LogP contribution in [0.4, 0.5) is 57.1 Å². The molecule has 1 nitrogen and oxygen atoms in total. The van der Waals surface area contributed by atoms with Crippen molar-refractivity contribution in [1.29, 1.82) is 0 Å². The summed E-state index contributed by atoms with van der Waals surface area (Å²) in [6.45, 7) is -1.85. The van der Waals surface area contributed by atoms with Gasteiger partial charge in [0.15, 0.2) is 5.67 Å². The summed E-state index contributed by atoms with van der Waals surface area (Å²) in [6.07, 6.45) is -22.5. The molecule has 1 fully saturated rings. The first kappa shape index (κ1) is 21.1. The number of halogens is 13. The van der Waals surface area contributed by atoms with E-state index >= 15 is 0 Å². The Morgan fingerprint density at radius 1 is 0.583 bits per heavy atom. The largest absolute Gasteiger partial charge is 0.422 e. The van der Waals surface area contributed by atoms with Gasteiger partial charge in [0.05, 0.1) is 0 Å². The van der Waals surface area contributed by atoms with Crippen molar-refractivity contribution in [2.24, 2.45) is 5.41 Å². The summed E-state index contributed by atoms with van der Waals surface area (Å²) in [5.74, 6) is -7.07. The molecule has 24 heavy (non-hydrogen) atoms. The van der Waals surface area contributed by atoms with E-state index in [1.54, 1.807) is 0 Å². The summed E-state index contributed by atoms with van der Waals surface area (Å²) < 4.78 is 172. The third-order valence-electron chi connectivity index (χ3n) is 4.43. The lowest BCUT2D eigenvalue weighted by molar-refractivity contribution is -0.468. The molecule has 0 amide bonds. The van der Waals surface area contributed by atoms with Gasteiger partial charge >= 0.3 is 24.5 Å². The molecule has 3 atom stereocenters. The van der Waals surface area contributed by atoms with Gasteiger partial charge in [0, 0.05) is 0 Å². The zero-order valence-electron chi connectivity index (χ0n) is 11.4. The lowest BCUT2D eigenvalue weighted by Gasteiger charge is -2.47. The van der Waals surface area contributed by atoms with Crippen molar-refractivity contribution < 1.29 is 62.2 Å². The molecule has 1 N–H and O–H groups in total. The summed E-state index contributed by atoms with van der Waals surface area (Å²) in [6, 6.07) is 0. The van der Waals surface area contributed by atoms with E-state index in [4.69, 9.17) is 5.11 Å². The van der Waals surface area contributed by atoms with Gasteiger partial charge in [-0.15, -0.1) is 0 Å². The highest BCUT2D eigenvalue weighted by Gasteiger charge is 3.07. The summed E-state index contributed by atoms with van der Waals surface area (Å²) in [7, 11) is 0. The van der Waals surface area contributed by atoms with Gasteiger partial charge in [-0.2, -0.15) is 39.5 Å². The number of rotatable bonds is 0. The van der Waals surface area contributed by atoms with Crippen molar-refractivity contribution >= 4 is 0 Å². The predicted molar refractivity (Wildman–Crippen MR) is 49.5 cm³/mol. The molecule has 3 unspecified atom stereocenters. The second kappa shape index (κ2) is 4.41. The molecule has 0 heterocycles. The SMILES string of the molecule is CC1(F)C(C)(F)C(O)(C(F)(F)F)C(C(F)(F)F)(C(F)(F)F)C1(F)F. The second-order valence-electron chi connectivity index (χ2n) is 5.53. The van der Waals surface area contributed by atoms with Crippen LogP contribution in [-0.4, -0.2) is 46.5 Å². The van der Waals surface area contributed by atoms with Crippen LogP contribution in [0.5, 0.6) is 0 Å². The molecule has 144 valence electrons. The van der Waals surface area contributed by atoms with Crippen LogP contribution in [0.25, 0.3) is 0 Å². The molecule has 0 aromatic carbocycles. The molecule has 1 aliphatic carbocycles. The number of aliphatic hydroxyl groups is 1. The van der Waals surface area contributed by atoms with E-state index in [1.807, 2.05) is 0 Å². The van der Waals surface area contributed by atoms with Gasteiger partial charge in [0.2, 0.25) is 11.3 Å². The normalized spacial score (nSPS) is 40.0. The van der Waals surface area contributed by atoms with Crippen LogP contribution in [0.2, 0.25) is 0 Å². The van der Waals surface area contributed by atoms with Gasteiger partial charge in [-0.3, -0.25) is 0 Å². The Bertz CT molecular complexity index is 508. The Morgan fingerprint density at radius 2 is 0.875 bits per heavy atom. The molecule has 0 aliphatic heterocycles. The zero-order chi connectivity index (χ0) is 20.0. The first-order valence-electron chi connectivity index (χ1n) is 5.68. The molecule has 0 bridgehead atoms. The predicted octanol–water partition coefficient (Wildman–Crippen LogP) is 4.50. The van der Waals surface area contributed by atoms with Gasteiger partial charge in [-0.05, 0) is 13.8 Å². The van der Waals surface area contributed by atoms with Crippen molar-refractivity contribution in [3.05, 3.63) is 0 Å². The third-order valence-corrected chi connectivity index (χ3v) is 4.43. The number of hydrogen-bond donors (Lipinski definition) is 1. The minimum absolute atomic E-state index is 0.914. The molecule has 1 saturated carbocycles. The highest BCUT2D eigenvalue weighted by molar-refractivity contribution is 5.37. The Balaban J connectivity index is 4.32. The summed E-state index contributed by atoms with van der Waals surface area (Å²) in [5, 5.41) is 9.15. The van der Waals surface area contributed by atoms with Gasteiger partial charge in [0.25, 0.3) is 5.41 Å². The average Bonchev–Trinajstić information content (AvgIpc) is 2.28. The van der Waals surface area contributed by atoms with Crippen molar-refractivity contribution in [1.82, 2.24) is 0 Å². The average molecular weight is 390 g/mol. The maximum absolute atomic E-state index is 14.2. The lowest BCUT2D eigenvalue weighted by Crippen LogP contribution is -2.76. The first-order valence-corrected chi connectivity index (χ1v) is 5.68. The number of hydrogen-bond acceptors (Lipinski definition) is 1. The summed E-state index contributed by atoms with van der Waals surface area (Å²) >= 11 is 0. The van der Waals surface area contributed by atoms with E-state index in [-0.39, 0.29) is 0 Å². The van der Waals surface area contributed by atoms with Crippen LogP contribution in [0, 0.1) is 5.41 Å². The Labute approximate surface area is 124 Å². The van der Waals surface area contributed by atoms with Crippen LogP contribution in [0.15, 0.2) is 0 Å². The standard InChI is InChI=1S/C10H7F13O/c1-3(11)4(2,12)7(13,14)5(8(15,16)17,9(18,19)20)6(3,24)10(21,22)23/h24H,1-2H3. The molecule has 0 radical (unpaired) electrons. The Hall–Kier alpha value is -0.950. The van der Waals surface area contributed by atoms with Gasteiger partial charge in [-0.1, -0.05) is 0 Å². The van der Waals surface area contributed by atoms with E-state index in [9.17, 15) is 57.1 Å². The lowest BCUT2D eigenvalue weighted by atomic mass is 9.67. The van der Waals surface area contributed by atoms with Crippen molar-refractivity contribution in [2.75, 3.05) is 0 Å². The van der Waals surface area contributed by atoms with Crippen LogP contribution in [-0.2, 0) is 0 Å². The van der Waals surface area contributed by atoms with Crippen LogP contribution < -0.4 is 0 Å². The van der Waals surface area contributed by atoms with E-state index in [2.05, 4.69) is 0 Å². The fourth-order valence-corrected chi connectivity index (χ4v) is 2.97. The van der Waals surface area contributed by atoms with Gasteiger partial charge in [0.1, 0.15) is 0 Å². The smallest absolute Gasteiger partial charge is 0.377 e. The van der Waals surface area contributed by atoms with E-state index < -0.39 is 60.7 Å². The van der Waals surface area contributed by atoms with Gasteiger partial charge in [-0.25, -0.2) is 17.6 Å². The third kappa shape index (κ3) is 1.68. The van der Waals surface area contributed by atoms with Crippen LogP contribution in [0.1, 0.15) is 13.8 Å². The fourth-order valence-electron chi connectivity index (χ4n) is 2.97. The highest BCUT2D eigenvalue weighted by atomic mass is 19.4. The van der Waals surface area contributed by atoms with Crippen LogP contribution >= 0.6 is 0 Å².